The van der Waals surface area contributed by atoms with Crippen LogP contribution in [0.4, 0.5) is 9.59 Å². The average molecular weight is 1180 g/mol. The number of hydrogen-bond donors (Lipinski definition) is 6. The van der Waals surface area contributed by atoms with Crippen LogP contribution >= 0.6 is 23.2 Å². The Labute approximate surface area is 484 Å². The van der Waals surface area contributed by atoms with Gasteiger partial charge in [-0.05, 0) is 185 Å². The van der Waals surface area contributed by atoms with E-state index in [9.17, 15) is 26.4 Å². The number of benzene rings is 4. The Kier molecular flexibility index (Phi) is 21.8. The van der Waals surface area contributed by atoms with Crippen molar-refractivity contribution in [2.75, 3.05) is 119 Å². The lowest BCUT2D eigenvalue weighted by atomic mass is 9.81. The van der Waals surface area contributed by atoms with E-state index in [0.29, 0.717) is 115 Å². The number of nitrogens with one attached hydrogen (secondary N) is 6. The zero-order valence-corrected chi connectivity index (χ0v) is 50.4. The van der Waals surface area contributed by atoms with Crippen LogP contribution in [0.2, 0.25) is 10.0 Å². The lowest BCUT2D eigenvalue weighted by molar-refractivity contribution is 0.113. The van der Waals surface area contributed by atoms with Gasteiger partial charge in [0.2, 0.25) is 20.0 Å². The van der Waals surface area contributed by atoms with Gasteiger partial charge in [0.15, 0.2) is 0 Å². The van der Waals surface area contributed by atoms with E-state index in [1.54, 1.807) is 12.1 Å². The van der Waals surface area contributed by atoms with Crippen molar-refractivity contribution in [3.8, 4) is 0 Å². The molecule has 0 radical (unpaired) electrons. The highest BCUT2D eigenvalue weighted by molar-refractivity contribution is 7.89. The van der Waals surface area contributed by atoms with Crippen molar-refractivity contribution < 1.29 is 35.9 Å². The van der Waals surface area contributed by atoms with Crippen molar-refractivity contribution in [1.82, 2.24) is 50.3 Å². The number of nitrogens with zero attached hydrogens (tertiary/aromatic N) is 4. The molecule has 2 saturated heterocycles. The summed E-state index contributed by atoms with van der Waals surface area (Å²) in [4.78, 5) is 34.0. The first-order chi connectivity index (χ1) is 38.2. The summed E-state index contributed by atoms with van der Waals surface area (Å²) in [5.74, 6) is 0.00898. The highest BCUT2D eigenvalue weighted by atomic mass is 35.5. The first-order valence-corrected chi connectivity index (χ1v) is 31.8. The molecule has 4 aromatic rings. The molecule has 4 atom stereocenters. The first kappa shape index (κ1) is 61.6. The summed E-state index contributed by atoms with van der Waals surface area (Å²) in [7, 11) is -3.35. The van der Waals surface area contributed by atoms with Gasteiger partial charge in [0.05, 0.1) is 36.2 Å². The van der Waals surface area contributed by atoms with Gasteiger partial charge in [0.25, 0.3) is 0 Å². The molecule has 0 saturated carbocycles. The number of amides is 4. The van der Waals surface area contributed by atoms with Crippen molar-refractivity contribution in [1.29, 1.82) is 0 Å². The molecule has 0 aliphatic carbocycles. The molecule has 4 aromatic carbocycles. The molecule has 4 heterocycles. The van der Waals surface area contributed by atoms with Gasteiger partial charge < -0.3 is 40.5 Å². The Bertz CT molecular complexity index is 2840. The van der Waals surface area contributed by atoms with E-state index < -0.39 is 20.0 Å². The molecule has 6 N–H and O–H groups in total. The number of carbonyl (C=O) groups is 2. The van der Waals surface area contributed by atoms with Crippen molar-refractivity contribution in [3.05, 3.63) is 126 Å². The quantitative estimate of drug-likeness (QED) is 0.0411. The van der Waals surface area contributed by atoms with Crippen LogP contribution in [0, 0.1) is 27.7 Å². The summed E-state index contributed by atoms with van der Waals surface area (Å²) in [6.45, 7) is 18.6. The monoisotopic (exact) mass is 1180 g/mol. The van der Waals surface area contributed by atoms with E-state index in [0.717, 1.165) is 83.8 Å². The van der Waals surface area contributed by atoms with Gasteiger partial charge in [-0.3, -0.25) is 9.80 Å². The predicted octanol–water partition coefficient (Wildman–Crippen LogP) is 6.20. The van der Waals surface area contributed by atoms with E-state index in [1.807, 2.05) is 62.4 Å². The molecule has 4 amide bonds. The fraction of sp³-hybridized carbons (Fsp3) is 0.552. The maximum Gasteiger partial charge on any atom is 0.314 e. The zero-order valence-electron chi connectivity index (χ0n) is 47.3. The topological polar surface area (TPSA) is 206 Å². The SMILES string of the molecule is Cc1ccc(S(=O)(=O)N[C@H]2CCN(CCOCCNC(=O)NCCCCNC(=O)NCCOCCN3CC[C@H](NS(=O)(=O)c4ccc(C)c(C5CN(C)Cc6c(C)cc(Cl)cc65)c4)C3)C2)cc1C1CN(C)Cc2c(C)cc(Cl)cc21. The molecule has 22 heteroatoms. The zero-order chi connectivity index (χ0) is 57.1. The fourth-order valence-corrected chi connectivity index (χ4v) is 14.8. The van der Waals surface area contributed by atoms with Crippen molar-refractivity contribution in [2.24, 2.45) is 0 Å². The smallest absolute Gasteiger partial charge is 0.314 e. The highest BCUT2D eigenvalue weighted by Crippen LogP contribution is 2.40. The Balaban J connectivity index is 0.619. The lowest BCUT2D eigenvalue weighted by Crippen LogP contribution is -2.39. The molecule has 0 bridgehead atoms. The minimum Gasteiger partial charge on any atom is -0.378 e. The summed E-state index contributed by atoms with van der Waals surface area (Å²) in [5, 5.41) is 12.6. The summed E-state index contributed by atoms with van der Waals surface area (Å²) in [5.41, 5.74) is 11.2. The van der Waals surface area contributed by atoms with Crippen LogP contribution in [0.1, 0.15) is 93.2 Å². The predicted molar refractivity (Wildman–Crippen MR) is 315 cm³/mol. The molecule has 8 rings (SSSR count). The van der Waals surface area contributed by atoms with E-state index in [2.05, 4.69) is 78.3 Å². The summed E-state index contributed by atoms with van der Waals surface area (Å²) in [6, 6.07) is 17.9. The number of fused-ring (bicyclic) bond motifs is 2. The highest BCUT2D eigenvalue weighted by Gasteiger charge is 2.33. The summed E-state index contributed by atoms with van der Waals surface area (Å²) in [6.07, 6.45) is 2.77. The maximum absolute atomic E-state index is 13.7. The number of ether oxygens (including phenoxy) is 2. The molecule has 4 aliphatic heterocycles. The Morgan fingerprint density at radius 2 is 0.925 bits per heavy atom. The number of sulfonamides is 2. The molecule has 2 unspecified atom stereocenters. The summed E-state index contributed by atoms with van der Waals surface area (Å²) >= 11 is 13.0. The largest absolute Gasteiger partial charge is 0.378 e. The van der Waals surface area contributed by atoms with E-state index in [1.165, 1.54) is 11.1 Å². The van der Waals surface area contributed by atoms with Crippen LogP contribution in [0.5, 0.6) is 0 Å². The molecule has 0 spiro atoms. The van der Waals surface area contributed by atoms with E-state index in [4.69, 9.17) is 32.7 Å². The molecule has 0 aromatic heterocycles. The van der Waals surface area contributed by atoms with Crippen LogP contribution in [-0.4, -0.2) is 180 Å². The number of aryl methyl sites for hydroxylation is 4. The third kappa shape index (κ3) is 16.6. The lowest BCUT2D eigenvalue weighted by Gasteiger charge is -2.34. The van der Waals surface area contributed by atoms with Crippen molar-refractivity contribution >= 4 is 55.3 Å². The molecule has 438 valence electrons. The van der Waals surface area contributed by atoms with Crippen LogP contribution in [-0.2, 0) is 42.6 Å². The number of hydrogen-bond acceptors (Lipinski definition) is 12. The van der Waals surface area contributed by atoms with Crippen LogP contribution in [0.3, 0.4) is 0 Å². The van der Waals surface area contributed by atoms with Gasteiger partial charge in [0, 0.05) is 113 Å². The van der Waals surface area contributed by atoms with Crippen molar-refractivity contribution in [2.45, 2.75) is 100 Å². The third-order valence-electron chi connectivity index (χ3n) is 15.9. The molecular formula is C58H82Cl2N10O8S2. The Hall–Kier alpha value is -4.42. The van der Waals surface area contributed by atoms with Crippen molar-refractivity contribution in [3.63, 3.8) is 0 Å². The molecule has 80 heavy (non-hydrogen) atoms. The Morgan fingerprint density at radius 1 is 0.525 bits per heavy atom. The van der Waals surface area contributed by atoms with Gasteiger partial charge in [-0.1, -0.05) is 35.3 Å². The van der Waals surface area contributed by atoms with Crippen LogP contribution in [0.15, 0.2) is 70.5 Å². The third-order valence-corrected chi connectivity index (χ3v) is 19.4. The van der Waals surface area contributed by atoms with Gasteiger partial charge in [-0.2, -0.15) is 0 Å². The van der Waals surface area contributed by atoms with E-state index in [-0.39, 0.29) is 45.8 Å². The second-order valence-electron chi connectivity index (χ2n) is 22.2. The van der Waals surface area contributed by atoms with Gasteiger partial charge >= 0.3 is 12.1 Å². The number of unbranched alkanes of at least 4 members (excludes halogenated alkanes) is 1. The second-order valence-corrected chi connectivity index (χ2v) is 26.5. The van der Waals surface area contributed by atoms with Crippen LogP contribution in [0.25, 0.3) is 0 Å². The second kappa shape index (κ2) is 28.2. The van der Waals surface area contributed by atoms with E-state index >= 15 is 0 Å². The minimum atomic E-state index is -3.76. The van der Waals surface area contributed by atoms with Crippen LogP contribution < -0.4 is 30.7 Å². The molecule has 4 aliphatic rings. The normalized spacial score (nSPS) is 20.1. The standard InChI is InChI=1S/C58H82Cl2N10O8S2/c1-39-9-11-47(31-49(39)55-37-67(5)35-53-41(3)27-43(59)29-51(53)55)79(73,74)65-45-13-19-69(33-45)21-25-77-23-17-63-57(71)61-15-7-8-16-62-58(72)64-18-24-78-26-22-70-20-14-46(34-70)66-80(75,76)48-12-10-40(2)50(32-48)56-38-68(6)36-54-42(4)28-44(60)30-52(54)56/h9-12,27-32,45-46,55-56,65-66H,7-8,13-26,33-38H2,1-6H3,(H2,61,63,71)(H2,62,64,72)/t45-,46-,55?,56?/m0/s1. The maximum atomic E-state index is 13.7. The van der Waals surface area contributed by atoms with Gasteiger partial charge in [-0.15, -0.1) is 0 Å². The van der Waals surface area contributed by atoms with Gasteiger partial charge in [-0.25, -0.2) is 35.9 Å². The average Bonchev–Trinajstić information content (AvgIpc) is 4.10. The fourth-order valence-electron chi connectivity index (χ4n) is 11.7. The number of halogens is 2. The first-order valence-electron chi connectivity index (χ1n) is 28.1. The molecule has 18 nitrogen and oxygen atoms in total. The minimum absolute atomic E-state index is 0.00449. The molecule has 2 fully saturated rings. The number of urea groups is 2. The Morgan fingerprint density at radius 3 is 1.34 bits per heavy atom. The number of likely N-dealkylation sites (N-methyl/N-ethyl adjacent to an activating group) is 2. The molecular weight excluding hydrogens is 1100 g/mol. The summed E-state index contributed by atoms with van der Waals surface area (Å²) < 4.78 is 72.3. The number of carbonyl (C=O) groups excluding carboxylic acids is 2. The van der Waals surface area contributed by atoms with Gasteiger partial charge in [0.1, 0.15) is 0 Å². The number of rotatable bonds is 25. The number of likely N-dealkylation sites (tertiary alicyclic amines) is 2.